The first-order valence-electron chi connectivity index (χ1n) is 10.5. The molecular formula is C24H29N3O3. The van der Waals surface area contributed by atoms with Crippen LogP contribution >= 0.6 is 0 Å². The second kappa shape index (κ2) is 10.1. The second-order valence-corrected chi connectivity index (χ2v) is 7.79. The summed E-state index contributed by atoms with van der Waals surface area (Å²) in [5.74, 6) is -0.122. The summed E-state index contributed by atoms with van der Waals surface area (Å²) in [4.78, 5) is 38.6. The van der Waals surface area contributed by atoms with Gasteiger partial charge in [0.2, 0.25) is 5.91 Å². The van der Waals surface area contributed by atoms with Crippen LogP contribution in [0.2, 0.25) is 0 Å². The number of hydrogen-bond donors (Lipinski definition) is 2. The molecule has 0 aliphatic carbocycles. The number of benzene rings is 2. The highest BCUT2D eigenvalue weighted by Crippen LogP contribution is 2.15. The van der Waals surface area contributed by atoms with Crippen molar-refractivity contribution in [1.29, 1.82) is 0 Å². The Morgan fingerprint density at radius 3 is 2.37 bits per heavy atom. The number of likely N-dealkylation sites (tertiary alicyclic amines) is 1. The van der Waals surface area contributed by atoms with Crippen molar-refractivity contribution in [3.63, 3.8) is 0 Å². The van der Waals surface area contributed by atoms with Gasteiger partial charge in [0.05, 0.1) is 0 Å². The van der Waals surface area contributed by atoms with Gasteiger partial charge < -0.3 is 15.5 Å². The van der Waals surface area contributed by atoms with Crippen LogP contribution in [0.1, 0.15) is 65.0 Å². The van der Waals surface area contributed by atoms with Gasteiger partial charge in [-0.05, 0) is 55.2 Å². The zero-order valence-corrected chi connectivity index (χ0v) is 17.6. The van der Waals surface area contributed by atoms with E-state index >= 15 is 0 Å². The highest BCUT2D eigenvalue weighted by Gasteiger charge is 2.20. The van der Waals surface area contributed by atoms with E-state index in [2.05, 4.69) is 10.6 Å². The largest absolute Gasteiger partial charge is 0.350 e. The number of nitrogens with one attached hydrogen (secondary N) is 2. The number of hydrogen-bond acceptors (Lipinski definition) is 3. The molecule has 1 fully saturated rings. The molecule has 0 bridgehead atoms. The first-order valence-corrected chi connectivity index (χ1v) is 10.5. The number of carbonyl (C=O) groups is 3. The lowest BCUT2D eigenvalue weighted by Crippen LogP contribution is -2.32. The predicted molar refractivity (Wildman–Crippen MR) is 116 cm³/mol. The highest BCUT2D eigenvalue weighted by molar-refractivity contribution is 5.95. The maximum atomic E-state index is 12.6. The SMILES string of the molecule is CCC(C)NC(=O)c1cccc(CNC(=O)c2cccc(CN3CCCC3=O)c2)c1. The van der Waals surface area contributed by atoms with E-state index in [1.54, 1.807) is 18.2 Å². The summed E-state index contributed by atoms with van der Waals surface area (Å²) in [6.07, 6.45) is 2.37. The Morgan fingerprint density at radius 2 is 1.70 bits per heavy atom. The maximum absolute atomic E-state index is 12.6. The van der Waals surface area contributed by atoms with E-state index in [1.807, 2.05) is 49.1 Å². The topological polar surface area (TPSA) is 78.5 Å². The van der Waals surface area contributed by atoms with Gasteiger partial charge in [-0.3, -0.25) is 14.4 Å². The van der Waals surface area contributed by atoms with Crippen molar-refractivity contribution in [2.45, 2.75) is 52.2 Å². The molecule has 3 rings (SSSR count). The van der Waals surface area contributed by atoms with E-state index in [1.165, 1.54) is 0 Å². The van der Waals surface area contributed by atoms with E-state index in [0.29, 0.717) is 30.6 Å². The summed E-state index contributed by atoms with van der Waals surface area (Å²) in [5.41, 5.74) is 2.95. The molecule has 1 atom stereocenters. The Kier molecular flexibility index (Phi) is 7.22. The average molecular weight is 408 g/mol. The Balaban J connectivity index is 1.59. The molecule has 30 heavy (non-hydrogen) atoms. The summed E-state index contributed by atoms with van der Waals surface area (Å²) in [5, 5.41) is 5.86. The van der Waals surface area contributed by atoms with Crippen molar-refractivity contribution in [2.24, 2.45) is 0 Å². The third kappa shape index (κ3) is 5.69. The van der Waals surface area contributed by atoms with Crippen LogP contribution in [0.25, 0.3) is 0 Å². The minimum absolute atomic E-state index is 0.110. The van der Waals surface area contributed by atoms with E-state index in [9.17, 15) is 14.4 Å². The summed E-state index contributed by atoms with van der Waals surface area (Å²) in [6, 6.07) is 14.8. The average Bonchev–Trinajstić information content (AvgIpc) is 3.16. The summed E-state index contributed by atoms with van der Waals surface area (Å²) in [7, 11) is 0. The van der Waals surface area contributed by atoms with Gasteiger partial charge in [0.1, 0.15) is 0 Å². The monoisotopic (exact) mass is 407 g/mol. The van der Waals surface area contributed by atoms with E-state index < -0.39 is 0 Å². The molecule has 0 spiro atoms. The van der Waals surface area contributed by atoms with E-state index in [-0.39, 0.29) is 23.8 Å². The molecule has 158 valence electrons. The number of nitrogens with zero attached hydrogens (tertiary/aromatic N) is 1. The van der Waals surface area contributed by atoms with Gasteiger partial charge >= 0.3 is 0 Å². The molecule has 1 heterocycles. The van der Waals surface area contributed by atoms with Crippen molar-refractivity contribution < 1.29 is 14.4 Å². The van der Waals surface area contributed by atoms with E-state index in [0.717, 1.165) is 30.5 Å². The molecule has 3 amide bonds. The van der Waals surface area contributed by atoms with Crippen molar-refractivity contribution >= 4 is 17.7 Å². The number of amides is 3. The van der Waals surface area contributed by atoms with Crippen molar-refractivity contribution in [1.82, 2.24) is 15.5 Å². The molecule has 1 saturated heterocycles. The summed E-state index contributed by atoms with van der Waals surface area (Å²) in [6.45, 7) is 5.63. The fraction of sp³-hybridized carbons (Fsp3) is 0.375. The molecular weight excluding hydrogens is 378 g/mol. The first-order chi connectivity index (χ1) is 14.5. The molecule has 6 heteroatoms. The van der Waals surface area contributed by atoms with Crippen LogP contribution in [0.15, 0.2) is 48.5 Å². The molecule has 2 aromatic rings. The highest BCUT2D eigenvalue weighted by atomic mass is 16.2. The van der Waals surface area contributed by atoms with Gasteiger partial charge in [0.25, 0.3) is 11.8 Å². The zero-order chi connectivity index (χ0) is 21.5. The lowest BCUT2D eigenvalue weighted by molar-refractivity contribution is -0.128. The fourth-order valence-electron chi connectivity index (χ4n) is 3.42. The van der Waals surface area contributed by atoms with Gasteiger partial charge in [-0.2, -0.15) is 0 Å². The lowest BCUT2D eigenvalue weighted by Gasteiger charge is -2.16. The lowest BCUT2D eigenvalue weighted by atomic mass is 10.1. The van der Waals surface area contributed by atoms with Crippen molar-refractivity contribution in [3.8, 4) is 0 Å². The quantitative estimate of drug-likeness (QED) is 0.705. The van der Waals surface area contributed by atoms with Crippen LogP contribution in [0.5, 0.6) is 0 Å². The predicted octanol–water partition coefficient (Wildman–Crippen LogP) is 3.27. The first kappa shape index (κ1) is 21.6. The Hall–Kier alpha value is -3.15. The molecule has 1 unspecified atom stereocenters. The molecule has 0 radical (unpaired) electrons. The van der Waals surface area contributed by atoms with E-state index in [4.69, 9.17) is 0 Å². The molecule has 1 aliphatic heterocycles. The fourth-order valence-corrected chi connectivity index (χ4v) is 3.42. The zero-order valence-electron chi connectivity index (χ0n) is 17.6. The molecule has 2 N–H and O–H groups in total. The maximum Gasteiger partial charge on any atom is 0.251 e. The van der Waals surface area contributed by atoms with Crippen LogP contribution in [-0.4, -0.2) is 35.2 Å². The third-order valence-corrected chi connectivity index (χ3v) is 5.37. The molecule has 0 aromatic heterocycles. The van der Waals surface area contributed by atoms with Crippen LogP contribution in [0.4, 0.5) is 0 Å². The van der Waals surface area contributed by atoms with Gasteiger partial charge in [-0.25, -0.2) is 0 Å². The number of carbonyl (C=O) groups excluding carboxylic acids is 3. The molecule has 1 aliphatic rings. The molecule has 6 nitrogen and oxygen atoms in total. The normalized spacial score (nSPS) is 14.5. The van der Waals surface area contributed by atoms with Gasteiger partial charge in [-0.15, -0.1) is 0 Å². The van der Waals surface area contributed by atoms with Gasteiger partial charge in [0, 0.05) is 43.2 Å². The Bertz CT molecular complexity index is 925. The van der Waals surface area contributed by atoms with Crippen LogP contribution < -0.4 is 10.6 Å². The van der Waals surface area contributed by atoms with Crippen molar-refractivity contribution in [2.75, 3.05) is 6.54 Å². The minimum Gasteiger partial charge on any atom is -0.350 e. The minimum atomic E-state index is -0.181. The second-order valence-electron chi connectivity index (χ2n) is 7.79. The summed E-state index contributed by atoms with van der Waals surface area (Å²) < 4.78 is 0. The van der Waals surface area contributed by atoms with Crippen LogP contribution in [0, 0.1) is 0 Å². The molecule has 2 aromatic carbocycles. The third-order valence-electron chi connectivity index (χ3n) is 5.37. The van der Waals surface area contributed by atoms with Crippen LogP contribution in [0.3, 0.4) is 0 Å². The van der Waals surface area contributed by atoms with Crippen molar-refractivity contribution in [3.05, 3.63) is 70.8 Å². The number of rotatable bonds is 8. The Morgan fingerprint density at radius 1 is 1.03 bits per heavy atom. The molecule has 0 saturated carbocycles. The van der Waals surface area contributed by atoms with Gasteiger partial charge in [-0.1, -0.05) is 31.2 Å². The summed E-state index contributed by atoms with van der Waals surface area (Å²) >= 11 is 0. The standard InChI is InChI=1S/C24H29N3O3/c1-3-17(2)26-24(30)21-10-4-7-18(13-21)15-25-23(29)20-9-5-8-19(14-20)16-27-12-6-11-22(27)28/h4-5,7-10,13-14,17H,3,6,11-12,15-16H2,1-2H3,(H,25,29)(H,26,30). The van der Waals surface area contributed by atoms with Crippen LogP contribution in [-0.2, 0) is 17.9 Å². The smallest absolute Gasteiger partial charge is 0.251 e. The van der Waals surface area contributed by atoms with Gasteiger partial charge in [0.15, 0.2) is 0 Å². The Labute approximate surface area is 177 Å².